The zero-order valence-corrected chi connectivity index (χ0v) is 18.3. The molecule has 2 aliphatic heterocycles. The fourth-order valence-corrected chi connectivity index (χ4v) is 4.27. The van der Waals surface area contributed by atoms with E-state index < -0.39 is 47.7 Å². The minimum Gasteiger partial charge on any atom is -0.467 e. The Morgan fingerprint density at radius 2 is 0.882 bits per heavy atom. The number of rotatable bonds is 7. The number of carbonyl (C=O) groups is 6. The van der Waals surface area contributed by atoms with Crippen molar-refractivity contribution in [1.82, 2.24) is 9.80 Å². The van der Waals surface area contributed by atoms with E-state index in [1.54, 1.807) is 24.3 Å². The van der Waals surface area contributed by atoms with E-state index in [4.69, 9.17) is 9.47 Å². The number of fused-ring (bicyclic) bond motifs is 2. The standard InChI is InChI=1S/C24H20N2O8/c1-33-23(31)17(25-19(27)13-7-3-4-8-14(13)20(25)28)11-12-18(24(32)34-2)26-21(29)15-9-5-6-10-16(15)22(26)30/h3-10,17-18H,11-12H2,1-2H3/t17-,18-/m1/s1. The molecule has 2 heterocycles. The number of hydrogen-bond acceptors (Lipinski definition) is 8. The maximum atomic E-state index is 12.9. The lowest BCUT2D eigenvalue weighted by atomic mass is 10.0. The minimum atomic E-state index is -1.38. The van der Waals surface area contributed by atoms with Gasteiger partial charge in [-0.2, -0.15) is 0 Å². The molecule has 10 heteroatoms. The summed E-state index contributed by atoms with van der Waals surface area (Å²) in [5.74, 6) is -4.45. The highest BCUT2D eigenvalue weighted by molar-refractivity contribution is 6.23. The van der Waals surface area contributed by atoms with Crippen molar-refractivity contribution >= 4 is 35.6 Å². The Hall–Kier alpha value is -4.34. The first-order valence-electron chi connectivity index (χ1n) is 10.4. The summed E-state index contributed by atoms with van der Waals surface area (Å²) in [5.41, 5.74) is 0.579. The normalized spacial score (nSPS) is 16.3. The smallest absolute Gasteiger partial charge is 0.329 e. The topological polar surface area (TPSA) is 127 Å². The van der Waals surface area contributed by atoms with Gasteiger partial charge in [0, 0.05) is 0 Å². The molecule has 0 saturated heterocycles. The van der Waals surface area contributed by atoms with Crippen molar-refractivity contribution in [2.45, 2.75) is 24.9 Å². The molecule has 2 aromatic carbocycles. The Morgan fingerprint density at radius 3 is 1.12 bits per heavy atom. The molecule has 34 heavy (non-hydrogen) atoms. The van der Waals surface area contributed by atoms with E-state index in [1.807, 2.05) is 0 Å². The second kappa shape index (κ2) is 8.89. The summed E-state index contributed by atoms with van der Waals surface area (Å²) in [6.45, 7) is 0. The fraction of sp³-hybridized carbons (Fsp3) is 0.250. The summed E-state index contributed by atoms with van der Waals surface area (Å²) in [5, 5.41) is 0. The van der Waals surface area contributed by atoms with Gasteiger partial charge in [-0.15, -0.1) is 0 Å². The number of esters is 2. The SMILES string of the molecule is COC(=O)[C@@H](CC[C@H](C(=O)OC)N1C(=O)c2ccccc2C1=O)N1C(=O)c2ccccc2C1=O. The van der Waals surface area contributed by atoms with E-state index >= 15 is 0 Å². The van der Waals surface area contributed by atoms with Crippen molar-refractivity contribution in [2.24, 2.45) is 0 Å². The predicted octanol–water partition coefficient (Wildman–Crippen LogP) is 1.44. The Bertz CT molecular complexity index is 1070. The highest BCUT2D eigenvalue weighted by Gasteiger charge is 2.46. The highest BCUT2D eigenvalue weighted by atomic mass is 16.5. The molecule has 174 valence electrons. The summed E-state index contributed by atoms with van der Waals surface area (Å²) in [7, 11) is 2.21. The molecule has 0 radical (unpaired) electrons. The van der Waals surface area contributed by atoms with E-state index in [2.05, 4.69) is 0 Å². The van der Waals surface area contributed by atoms with Gasteiger partial charge >= 0.3 is 11.9 Å². The van der Waals surface area contributed by atoms with Crippen LogP contribution in [-0.4, -0.2) is 71.7 Å². The van der Waals surface area contributed by atoms with Crippen LogP contribution in [0.15, 0.2) is 48.5 Å². The number of carbonyl (C=O) groups excluding carboxylic acids is 6. The first-order chi connectivity index (χ1) is 16.3. The number of nitrogens with zero attached hydrogens (tertiary/aromatic N) is 2. The van der Waals surface area contributed by atoms with E-state index in [0.29, 0.717) is 0 Å². The summed E-state index contributed by atoms with van der Waals surface area (Å²) in [6, 6.07) is 9.51. The molecule has 0 bridgehead atoms. The van der Waals surface area contributed by atoms with Crippen LogP contribution in [0.2, 0.25) is 0 Å². The molecule has 4 rings (SSSR count). The number of benzene rings is 2. The van der Waals surface area contributed by atoms with Crippen molar-refractivity contribution in [1.29, 1.82) is 0 Å². The van der Waals surface area contributed by atoms with E-state index in [1.165, 1.54) is 24.3 Å². The lowest BCUT2D eigenvalue weighted by Crippen LogP contribution is -2.49. The zero-order valence-electron chi connectivity index (χ0n) is 18.3. The Labute approximate surface area is 194 Å². The second-order valence-electron chi connectivity index (χ2n) is 7.71. The van der Waals surface area contributed by atoms with Crippen LogP contribution in [0.25, 0.3) is 0 Å². The van der Waals surface area contributed by atoms with Gasteiger partial charge in [0.1, 0.15) is 12.1 Å². The van der Waals surface area contributed by atoms with Gasteiger partial charge in [0.25, 0.3) is 23.6 Å². The number of methoxy groups -OCH3 is 2. The number of ether oxygens (including phenoxy) is 2. The van der Waals surface area contributed by atoms with Crippen LogP contribution >= 0.6 is 0 Å². The van der Waals surface area contributed by atoms with Crippen LogP contribution in [0.3, 0.4) is 0 Å². The maximum absolute atomic E-state index is 12.9. The molecule has 4 amide bonds. The van der Waals surface area contributed by atoms with Crippen molar-refractivity contribution in [2.75, 3.05) is 14.2 Å². The van der Waals surface area contributed by atoms with Crippen LogP contribution in [-0.2, 0) is 19.1 Å². The lowest BCUT2D eigenvalue weighted by Gasteiger charge is -2.28. The van der Waals surface area contributed by atoms with Gasteiger partial charge in [-0.25, -0.2) is 9.59 Å². The first kappa shape index (κ1) is 22.8. The van der Waals surface area contributed by atoms with Crippen LogP contribution in [0.1, 0.15) is 54.3 Å². The second-order valence-corrected chi connectivity index (χ2v) is 7.71. The molecule has 0 saturated carbocycles. The summed E-state index contributed by atoms with van der Waals surface area (Å²) in [6.07, 6.45) is -0.489. The molecule has 2 atom stereocenters. The largest absolute Gasteiger partial charge is 0.467 e. The minimum absolute atomic E-state index is 0.145. The molecule has 0 aromatic heterocycles. The van der Waals surface area contributed by atoms with Crippen LogP contribution in [0.5, 0.6) is 0 Å². The number of imide groups is 2. The molecular weight excluding hydrogens is 444 g/mol. The van der Waals surface area contributed by atoms with Crippen molar-refractivity contribution < 1.29 is 38.2 Å². The first-order valence-corrected chi connectivity index (χ1v) is 10.4. The highest BCUT2D eigenvalue weighted by Crippen LogP contribution is 2.30. The third kappa shape index (κ3) is 3.53. The van der Waals surface area contributed by atoms with Crippen LogP contribution in [0, 0.1) is 0 Å². The Kier molecular flexibility index (Phi) is 5.97. The predicted molar refractivity (Wildman–Crippen MR) is 115 cm³/mol. The van der Waals surface area contributed by atoms with Gasteiger partial charge in [-0.05, 0) is 37.1 Å². The quantitative estimate of drug-likeness (QED) is 0.445. The van der Waals surface area contributed by atoms with Crippen molar-refractivity contribution in [3.05, 3.63) is 70.8 Å². The molecular formula is C24H20N2O8. The third-order valence-corrected chi connectivity index (χ3v) is 5.93. The Balaban J connectivity index is 1.62. The zero-order chi connectivity index (χ0) is 24.6. The molecule has 0 spiro atoms. The number of amides is 4. The number of hydrogen-bond donors (Lipinski definition) is 0. The molecule has 0 aliphatic carbocycles. The van der Waals surface area contributed by atoms with Gasteiger partial charge in [0.2, 0.25) is 0 Å². The molecule has 10 nitrogen and oxygen atoms in total. The fourth-order valence-electron chi connectivity index (χ4n) is 4.27. The van der Waals surface area contributed by atoms with Gasteiger partial charge < -0.3 is 9.47 Å². The van der Waals surface area contributed by atoms with Gasteiger partial charge in [0.15, 0.2) is 0 Å². The van der Waals surface area contributed by atoms with Gasteiger partial charge in [0.05, 0.1) is 36.5 Å². The van der Waals surface area contributed by atoms with Crippen molar-refractivity contribution in [3.8, 4) is 0 Å². The molecule has 0 fully saturated rings. The summed E-state index contributed by atoms with van der Waals surface area (Å²) in [4.78, 5) is 78.3. The molecule has 2 aromatic rings. The van der Waals surface area contributed by atoms with E-state index in [-0.39, 0.29) is 35.1 Å². The summed E-state index contributed by atoms with van der Waals surface area (Å²) >= 11 is 0. The molecule has 0 N–H and O–H groups in total. The van der Waals surface area contributed by atoms with Crippen LogP contribution in [0.4, 0.5) is 0 Å². The van der Waals surface area contributed by atoms with Gasteiger partial charge in [-0.1, -0.05) is 24.3 Å². The monoisotopic (exact) mass is 464 g/mol. The lowest BCUT2D eigenvalue weighted by molar-refractivity contribution is -0.148. The van der Waals surface area contributed by atoms with E-state index in [0.717, 1.165) is 24.0 Å². The van der Waals surface area contributed by atoms with Crippen LogP contribution < -0.4 is 0 Å². The average Bonchev–Trinajstić information content (AvgIpc) is 3.26. The summed E-state index contributed by atoms with van der Waals surface area (Å²) < 4.78 is 9.62. The Morgan fingerprint density at radius 1 is 0.618 bits per heavy atom. The van der Waals surface area contributed by atoms with Crippen molar-refractivity contribution in [3.63, 3.8) is 0 Å². The molecule has 0 unspecified atom stereocenters. The molecule has 2 aliphatic rings. The maximum Gasteiger partial charge on any atom is 0.329 e. The third-order valence-electron chi connectivity index (χ3n) is 5.93. The van der Waals surface area contributed by atoms with E-state index in [9.17, 15) is 28.8 Å². The average molecular weight is 464 g/mol. The van der Waals surface area contributed by atoms with Gasteiger partial charge in [-0.3, -0.25) is 29.0 Å².